The fourth-order valence-electron chi connectivity index (χ4n) is 3.46. The summed E-state index contributed by atoms with van der Waals surface area (Å²) in [5.74, 6) is 1.60. The van der Waals surface area contributed by atoms with Gasteiger partial charge in [-0.25, -0.2) is 0 Å². The van der Waals surface area contributed by atoms with Gasteiger partial charge in [-0.15, -0.1) is 0 Å². The third-order valence-electron chi connectivity index (χ3n) is 4.41. The van der Waals surface area contributed by atoms with Crippen molar-refractivity contribution in [2.45, 2.75) is 25.7 Å². The van der Waals surface area contributed by atoms with Gasteiger partial charge in [0.2, 0.25) is 5.91 Å². The highest BCUT2D eigenvalue weighted by Crippen LogP contribution is 2.48. The molecule has 0 spiro atoms. The van der Waals surface area contributed by atoms with Crippen molar-refractivity contribution in [2.24, 2.45) is 17.8 Å². The summed E-state index contributed by atoms with van der Waals surface area (Å²) in [7, 11) is 0. The number of hydrogen-bond acceptors (Lipinski definition) is 2. The summed E-state index contributed by atoms with van der Waals surface area (Å²) in [5, 5.41) is 3.44. The molecule has 20 heavy (non-hydrogen) atoms. The fraction of sp³-hybridized carbons (Fsp3) is 0.467. The maximum Gasteiger partial charge on any atom is 0.241 e. The van der Waals surface area contributed by atoms with E-state index in [-0.39, 0.29) is 11.8 Å². The average Bonchev–Trinajstić information content (AvgIpc) is 3.08. The number of benzene rings is 1. The Morgan fingerprint density at radius 2 is 1.90 bits per heavy atom. The zero-order chi connectivity index (χ0) is 13.9. The van der Waals surface area contributed by atoms with E-state index < -0.39 is 0 Å². The standard InChI is InChI=1S/C15H19N3OS/c19-14(13-9-10-6-7-11(13)8-10)17-18-15(20)16-12-4-2-1-3-5-12/h1-5,10-11,13H,6-9H2,(H,17,19)(H2,16,18,20)/t10-,11-,13+/m1/s1. The third kappa shape index (κ3) is 2.93. The van der Waals surface area contributed by atoms with E-state index in [1.54, 1.807) is 0 Å². The van der Waals surface area contributed by atoms with E-state index in [9.17, 15) is 4.79 Å². The van der Waals surface area contributed by atoms with Gasteiger partial charge in [-0.05, 0) is 55.4 Å². The van der Waals surface area contributed by atoms with E-state index >= 15 is 0 Å². The van der Waals surface area contributed by atoms with Gasteiger partial charge in [-0.1, -0.05) is 24.6 Å². The molecule has 1 amide bonds. The number of carbonyl (C=O) groups is 1. The monoisotopic (exact) mass is 289 g/mol. The summed E-state index contributed by atoms with van der Waals surface area (Å²) in [6.07, 6.45) is 4.77. The first-order chi connectivity index (χ1) is 9.72. The van der Waals surface area contributed by atoms with Gasteiger partial charge in [0, 0.05) is 11.6 Å². The smallest absolute Gasteiger partial charge is 0.241 e. The van der Waals surface area contributed by atoms with E-state index in [1.807, 2.05) is 30.3 Å². The lowest BCUT2D eigenvalue weighted by atomic mass is 9.88. The highest BCUT2D eigenvalue weighted by atomic mass is 32.1. The van der Waals surface area contributed by atoms with Gasteiger partial charge in [0.05, 0.1) is 0 Å². The molecular formula is C15H19N3OS. The molecule has 0 aliphatic heterocycles. The number of fused-ring (bicyclic) bond motifs is 2. The van der Waals surface area contributed by atoms with Crippen LogP contribution in [0.1, 0.15) is 25.7 Å². The topological polar surface area (TPSA) is 53.2 Å². The van der Waals surface area contributed by atoms with Crippen LogP contribution in [-0.2, 0) is 4.79 Å². The SMILES string of the molecule is O=C(NNC(=S)Nc1ccccc1)[C@H]1C[C@@H]2CC[C@@H]1C2. The van der Waals surface area contributed by atoms with Gasteiger partial charge in [-0.2, -0.15) is 0 Å². The van der Waals surface area contributed by atoms with Crippen LogP contribution in [0.4, 0.5) is 5.69 Å². The first-order valence-electron chi connectivity index (χ1n) is 7.14. The first kappa shape index (κ1) is 13.4. The molecule has 0 radical (unpaired) electrons. The molecule has 3 N–H and O–H groups in total. The summed E-state index contributed by atoms with van der Waals surface area (Å²) in [6.45, 7) is 0. The van der Waals surface area contributed by atoms with Crippen LogP contribution >= 0.6 is 12.2 Å². The molecule has 0 heterocycles. The quantitative estimate of drug-likeness (QED) is 0.578. The lowest BCUT2D eigenvalue weighted by Gasteiger charge is -2.21. The molecular weight excluding hydrogens is 270 g/mol. The third-order valence-corrected chi connectivity index (χ3v) is 4.61. The van der Waals surface area contributed by atoms with Crippen LogP contribution in [0.25, 0.3) is 0 Å². The summed E-state index contributed by atoms with van der Waals surface area (Å²) < 4.78 is 0. The van der Waals surface area contributed by atoms with Crippen molar-refractivity contribution in [1.82, 2.24) is 10.9 Å². The molecule has 2 aliphatic rings. The molecule has 1 aromatic rings. The molecule has 2 fully saturated rings. The first-order valence-corrected chi connectivity index (χ1v) is 7.55. The Morgan fingerprint density at radius 1 is 1.10 bits per heavy atom. The van der Waals surface area contributed by atoms with Gasteiger partial charge in [0.25, 0.3) is 0 Å². The number of rotatable bonds is 2. The minimum absolute atomic E-state index is 0.0782. The largest absolute Gasteiger partial charge is 0.331 e. The van der Waals surface area contributed by atoms with Crippen molar-refractivity contribution in [3.8, 4) is 0 Å². The van der Waals surface area contributed by atoms with E-state index in [0.29, 0.717) is 11.0 Å². The zero-order valence-corrected chi connectivity index (χ0v) is 12.1. The number of para-hydroxylation sites is 1. The maximum absolute atomic E-state index is 12.1. The molecule has 3 rings (SSSR count). The second kappa shape index (κ2) is 5.79. The Labute approximate surface area is 124 Å². The van der Waals surface area contributed by atoms with E-state index in [0.717, 1.165) is 18.0 Å². The molecule has 0 unspecified atom stereocenters. The number of hydrogen-bond donors (Lipinski definition) is 3. The Bertz CT molecular complexity index is 505. The fourth-order valence-corrected chi connectivity index (χ4v) is 3.63. The Balaban J connectivity index is 1.45. The molecule has 0 saturated heterocycles. The van der Waals surface area contributed by atoms with E-state index in [1.165, 1.54) is 19.3 Å². The maximum atomic E-state index is 12.1. The molecule has 0 aromatic heterocycles. The van der Waals surface area contributed by atoms with Crippen LogP contribution in [0.2, 0.25) is 0 Å². The molecule has 2 bridgehead atoms. The second-order valence-corrected chi connectivity index (χ2v) is 6.12. The average molecular weight is 289 g/mol. The highest BCUT2D eigenvalue weighted by molar-refractivity contribution is 7.80. The summed E-state index contributed by atoms with van der Waals surface area (Å²) in [5.41, 5.74) is 6.43. The predicted octanol–water partition coefficient (Wildman–Crippen LogP) is 2.44. The van der Waals surface area contributed by atoms with Crippen molar-refractivity contribution >= 4 is 28.9 Å². The van der Waals surface area contributed by atoms with Crippen molar-refractivity contribution in [3.05, 3.63) is 30.3 Å². The minimum atomic E-state index is 0.0782. The molecule has 3 atom stereocenters. The Morgan fingerprint density at radius 3 is 2.55 bits per heavy atom. The van der Waals surface area contributed by atoms with Gasteiger partial charge in [0.15, 0.2) is 5.11 Å². The molecule has 106 valence electrons. The summed E-state index contributed by atoms with van der Waals surface area (Å²) >= 11 is 5.16. The number of hydrazine groups is 1. The molecule has 2 aliphatic carbocycles. The number of nitrogens with one attached hydrogen (secondary N) is 3. The van der Waals surface area contributed by atoms with Crippen LogP contribution in [0.3, 0.4) is 0 Å². The van der Waals surface area contributed by atoms with Crippen molar-refractivity contribution < 1.29 is 4.79 Å². The van der Waals surface area contributed by atoms with Gasteiger partial charge in [0.1, 0.15) is 0 Å². The summed E-state index contributed by atoms with van der Waals surface area (Å²) in [4.78, 5) is 12.1. The minimum Gasteiger partial charge on any atom is -0.331 e. The highest BCUT2D eigenvalue weighted by Gasteiger charge is 2.43. The number of carbonyl (C=O) groups excluding carboxylic acids is 1. The summed E-state index contributed by atoms with van der Waals surface area (Å²) in [6, 6.07) is 9.65. The molecule has 2 saturated carbocycles. The lowest BCUT2D eigenvalue weighted by Crippen LogP contribution is -2.47. The predicted molar refractivity (Wildman–Crippen MR) is 82.9 cm³/mol. The Hall–Kier alpha value is -1.62. The Kier molecular flexibility index (Phi) is 3.87. The van der Waals surface area contributed by atoms with Gasteiger partial charge < -0.3 is 5.32 Å². The van der Waals surface area contributed by atoms with Crippen molar-refractivity contribution in [1.29, 1.82) is 0 Å². The van der Waals surface area contributed by atoms with Crippen LogP contribution in [-0.4, -0.2) is 11.0 Å². The van der Waals surface area contributed by atoms with Crippen LogP contribution in [0.15, 0.2) is 30.3 Å². The zero-order valence-electron chi connectivity index (χ0n) is 11.3. The van der Waals surface area contributed by atoms with E-state index in [4.69, 9.17) is 12.2 Å². The van der Waals surface area contributed by atoms with Gasteiger partial charge >= 0.3 is 0 Å². The van der Waals surface area contributed by atoms with Gasteiger partial charge in [-0.3, -0.25) is 15.6 Å². The lowest BCUT2D eigenvalue weighted by molar-refractivity contribution is -0.127. The van der Waals surface area contributed by atoms with E-state index in [2.05, 4.69) is 16.2 Å². The molecule has 5 heteroatoms. The van der Waals surface area contributed by atoms with Crippen LogP contribution in [0.5, 0.6) is 0 Å². The number of amides is 1. The van der Waals surface area contributed by atoms with Crippen LogP contribution in [0, 0.1) is 17.8 Å². The van der Waals surface area contributed by atoms with Crippen molar-refractivity contribution in [2.75, 3.05) is 5.32 Å². The number of anilines is 1. The van der Waals surface area contributed by atoms with Crippen LogP contribution < -0.4 is 16.2 Å². The van der Waals surface area contributed by atoms with Crippen molar-refractivity contribution in [3.63, 3.8) is 0 Å². The normalized spacial score (nSPS) is 27.1. The molecule has 4 nitrogen and oxygen atoms in total. The second-order valence-electron chi connectivity index (χ2n) is 5.72. The molecule has 1 aromatic carbocycles. The number of thiocarbonyl (C=S) groups is 1.